The summed E-state index contributed by atoms with van der Waals surface area (Å²) in [5, 5.41) is 55.6. The summed E-state index contributed by atoms with van der Waals surface area (Å²) in [6, 6.07) is 16.6. The molecule has 4 rings (SSSR count). The van der Waals surface area contributed by atoms with Crippen LogP contribution in [0, 0.1) is 0 Å². The second-order valence-corrected chi connectivity index (χ2v) is 13.5. The summed E-state index contributed by atoms with van der Waals surface area (Å²) in [5.41, 5.74) is -0.321. The van der Waals surface area contributed by atoms with Crippen LogP contribution in [0.5, 0.6) is 23.0 Å². The standard InChI is InChI=1S/C38H49N5O7/c1-7-39-36(47)34-42-41-33(30-22-29(24(2)3)31(44)23-32(30)45)43(34)26-14-18-28(19-15-26)50-27-16-12-25(13-17-27)35(46)40-21-11-9-8-10-20-38(6,49)37(4,5)48/h12-19,22-24,44-45,48-49H,7-11,20-21H2,1-6H3,(H,39,47)(H,40,46). The summed E-state index contributed by atoms with van der Waals surface area (Å²) in [6.45, 7) is 11.4. The van der Waals surface area contributed by atoms with Crippen molar-refractivity contribution in [2.24, 2.45) is 0 Å². The maximum Gasteiger partial charge on any atom is 0.289 e. The molecule has 268 valence electrons. The number of aliphatic hydroxyl groups is 2. The number of hydrogen-bond donors (Lipinski definition) is 6. The highest BCUT2D eigenvalue weighted by Gasteiger charge is 2.36. The van der Waals surface area contributed by atoms with Gasteiger partial charge in [0.1, 0.15) is 23.0 Å². The molecule has 50 heavy (non-hydrogen) atoms. The zero-order valence-corrected chi connectivity index (χ0v) is 29.7. The van der Waals surface area contributed by atoms with Gasteiger partial charge in [0.2, 0.25) is 5.82 Å². The summed E-state index contributed by atoms with van der Waals surface area (Å²) < 4.78 is 7.56. The molecule has 6 N–H and O–H groups in total. The molecule has 0 aliphatic heterocycles. The predicted molar refractivity (Wildman–Crippen MR) is 191 cm³/mol. The van der Waals surface area contributed by atoms with Crippen molar-refractivity contribution in [3.63, 3.8) is 0 Å². The summed E-state index contributed by atoms with van der Waals surface area (Å²) in [7, 11) is 0. The molecule has 0 aliphatic rings. The van der Waals surface area contributed by atoms with Crippen LogP contribution in [0.15, 0.2) is 60.7 Å². The van der Waals surface area contributed by atoms with Gasteiger partial charge < -0.3 is 35.8 Å². The molecule has 0 bridgehead atoms. The van der Waals surface area contributed by atoms with E-state index in [1.165, 1.54) is 6.07 Å². The van der Waals surface area contributed by atoms with Gasteiger partial charge in [-0.1, -0.05) is 33.1 Å². The fourth-order valence-corrected chi connectivity index (χ4v) is 5.36. The number of amides is 2. The molecular formula is C38H49N5O7. The number of aromatic nitrogens is 3. The first-order chi connectivity index (χ1) is 23.6. The van der Waals surface area contributed by atoms with Crippen LogP contribution in [0.2, 0.25) is 0 Å². The van der Waals surface area contributed by atoms with Crippen molar-refractivity contribution in [2.75, 3.05) is 13.1 Å². The molecule has 2 amide bonds. The Bertz CT molecular complexity index is 1760. The summed E-state index contributed by atoms with van der Waals surface area (Å²) in [6.07, 6.45) is 3.90. The van der Waals surface area contributed by atoms with Gasteiger partial charge in [0.25, 0.3) is 11.8 Å². The number of phenols is 2. The molecule has 1 unspecified atom stereocenters. The van der Waals surface area contributed by atoms with Gasteiger partial charge in [0.05, 0.1) is 16.8 Å². The average molecular weight is 688 g/mol. The lowest BCUT2D eigenvalue weighted by Crippen LogP contribution is -2.47. The largest absolute Gasteiger partial charge is 0.508 e. The topological polar surface area (TPSA) is 179 Å². The monoisotopic (exact) mass is 687 g/mol. The van der Waals surface area contributed by atoms with E-state index in [9.17, 15) is 30.0 Å². The van der Waals surface area contributed by atoms with Crippen LogP contribution in [0.1, 0.15) is 106 Å². The maximum absolute atomic E-state index is 12.9. The van der Waals surface area contributed by atoms with Gasteiger partial charge in [-0.2, -0.15) is 0 Å². The SMILES string of the molecule is CCNC(=O)c1nnc(-c2cc(C(C)C)c(O)cc2O)n1-c1ccc(Oc2ccc(C(=O)NCCCCCCC(C)(O)C(C)(C)O)cc2)cc1. The smallest absolute Gasteiger partial charge is 0.289 e. The number of hydrogen-bond acceptors (Lipinski definition) is 9. The van der Waals surface area contributed by atoms with E-state index < -0.39 is 17.1 Å². The lowest BCUT2D eigenvalue weighted by atomic mass is 9.83. The summed E-state index contributed by atoms with van der Waals surface area (Å²) >= 11 is 0. The molecule has 0 spiro atoms. The minimum absolute atomic E-state index is 0.0272. The van der Waals surface area contributed by atoms with E-state index in [4.69, 9.17) is 4.74 Å². The number of nitrogens with zero attached hydrogens (tertiary/aromatic N) is 3. The molecule has 1 heterocycles. The minimum Gasteiger partial charge on any atom is -0.508 e. The Hall–Kier alpha value is -4.94. The fourth-order valence-electron chi connectivity index (χ4n) is 5.36. The number of carbonyl (C=O) groups excluding carboxylic acids is 2. The molecule has 3 aromatic carbocycles. The first-order valence-electron chi connectivity index (χ1n) is 17.0. The Morgan fingerprint density at radius 2 is 1.44 bits per heavy atom. The van der Waals surface area contributed by atoms with Crippen molar-refractivity contribution in [1.82, 2.24) is 25.4 Å². The minimum atomic E-state index is -1.16. The molecule has 0 fully saturated rings. The lowest BCUT2D eigenvalue weighted by molar-refractivity contribution is -0.124. The van der Waals surface area contributed by atoms with Crippen molar-refractivity contribution in [1.29, 1.82) is 0 Å². The third kappa shape index (κ3) is 9.19. The van der Waals surface area contributed by atoms with Crippen molar-refractivity contribution in [3.05, 3.63) is 77.6 Å². The highest BCUT2D eigenvalue weighted by atomic mass is 16.5. The van der Waals surface area contributed by atoms with Gasteiger partial charge >= 0.3 is 0 Å². The first kappa shape index (κ1) is 37.9. The second-order valence-electron chi connectivity index (χ2n) is 13.5. The highest BCUT2D eigenvalue weighted by Crippen LogP contribution is 2.38. The molecule has 1 aromatic heterocycles. The van der Waals surface area contributed by atoms with E-state index in [1.807, 2.05) is 13.8 Å². The van der Waals surface area contributed by atoms with Crippen LogP contribution >= 0.6 is 0 Å². The summed E-state index contributed by atoms with van der Waals surface area (Å²) in [4.78, 5) is 25.6. The zero-order valence-electron chi connectivity index (χ0n) is 29.7. The van der Waals surface area contributed by atoms with Gasteiger partial charge in [-0.15, -0.1) is 10.2 Å². The molecule has 4 aromatic rings. The van der Waals surface area contributed by atoms with Crippen LogP contribution in [-0.4, -0.2) is 71.3 Å². The van der Waals surface area contributed by atoms with Crippen LogP contribution in [0.4, 0.5) is 0 Å². The Morgan fingerprint density at radius 1 is 0.820 bits per heavy atom. The molecule has 12 nitrogen and oxygen atoms in total. The highest BCUT2D eigenvalue weighted by molar-refractivity contribution is 5.94. The molecule has 0 saturated carbocycles. The quantitative estimate of drug-likeness (QED) is 0.0747. The third-order valence-corrected chi connectivity index (χ3v) is 8.85. The fraction of sp³-hybridized carbons (Fsp3) is 0.421. The number of aromatic hydroxyl groups is 2. The molecule has 12 heteroatoms. The van der Waals surface area contributed by atoms with Crippen molar-refractivity contribution in [2.45, 2.75) is 90.8 Å². The molecule has 0 aliphatic carbocycles. The van der Waals surface area contributed by atoms with Gasteiger partial charge in [0.15, 0.2) is 5.82 Å². The average Bonchev–Trinajstić information content (AvgIpc) is 3.49. The Balaban J connectivity index is 1.39. The number of benzene rings is 3. The van der Waals surface area contributed by atoms with E-state index in [-0.39, 0.29) is 35.0 Å². The number of ether oxygens (including phenoxy) is 1. The molecule has 0 radical (unpaired) electrons. The van der Waals surface area contributed by atoms with Gasteiger partial charge in [-0.05, 0) is 107 Å². The molecule has 0 saturated heterocycles. The van der Waals surface area contributed by atoms with Crippen molar-refractivity contribution < 1.29 is 34.8 Å². The lowest BCUT2D eigenvalue weighted by Gasteiger charge is -2.35. The normalized spacial score (nSPS) is 12.8. The predicted octanol–water partition coefficient (Wildman–Crippen LogP) is 6.21. The Labute approximate surface area is 293 Å². The van der Waals surface area contributed by atoms with Gasteiger partial charge in [0, 0.05) is 30.4 Å². The van der Waals surface area contributed by atoms with Crippen molar-refractivity contribution >= 4 is 11.8 Å². The first-order valence-corrected chi connectivity index (χ1v) is 17.0. The number of unbranched alkanes of at least 4 members (excludes halogenated alkanes) is 3. The number of nitrogens with one attached hydrogen (secondary N) is 2. The second kappa shape index (κ2) is 16.2. The maximum atomic E-state index is 12.9. The van der Waals surface area contributed by atoms with E-state index in [2.05, 4.69) is 20.8 Å². The van der Waals surface area contributed by atoms with Crippen molar-refractivity contribution in [3.8, 4) is 40.1 Å². The molecular weight excluding hydrogens is 638 g/mol. The van der Waals surface area contributed by atoms with Gasteiger partial charge in [-0.3, -0.25) is 14.2 Å². The van der Waals surface area contributed by atoms with E-state index in [0.29, 0.717) is 53.4 Å². The summed E-state index contributed by atoms with van der Waals surface area (Å²) in [5.74, 6) is 0.398. The zero-order chi connectivity index (χ0) is 36.6. The van der Waals surface area contributed by atoms with E-state index in [0.717, 1.165) is 25.7 Å². The Kier molecular flexibility index (Phi) is 12.3. The van der Waals surface area contributed by atoms with Gasteiger partial charge in [-0.25, -0.2) is 0 Å². The van der Waals surface area contributed by atoms with Crippen LogP contribution in [-0.2, 0) is 0 Å². The van der Waals surface area contributed by atoms with Crippen LogP contribution in [0.3, 0.4) is 0 Å². The Morgan fingerprint density at radius 3 is 2.04 bits per heavy atom. The van der Waals surface area contributed by atoms with Crippen LogP contribution in [0.25, 0.3) is 17.1 Å². The molecule has 1 atom stereocenters. The van der Waals surface area contributed by atoms with Crippen LogP contribution < -0.4 is 15.4 Å². The third-order valence-electron chi connectivity index (χ3n) is 8.85. The van der Waals surface area contributed by atoms with E-state index >= 15 is 0 Å². The number of carbonyl (C=O) groups is 2. The van der Waals surface area contributed by atoms with E-state index in [1.54, 1.807) is 86.9 Å². The number of rotatable bonds is 16. The number of phenolic OH excluding ortho intramolecular Hbond substituents is 2.